The van der Waals surface area contributed by atoms with Crippen LogP contribution in [0.25, 0.3) is 11.1 Å². The third-order valence-electron chi connectivity index (χ3n) is 11.0. The summed E-state index contributed by atoms with van der Waals surface area (Å²) in [6, 6.07) is 25.7. The minimum absolute atomic E-state index is 0. The average Bonchev–Trinajstić information content (AvgIpc) is 3.66. The summed E-state index contributed by atoms with van der Waals surface area (Å²) in [5.74, 6) is 3.23. The first-order valence-electron chi connectivity index (χ1n) is 17.4. The Morgan fingerprint density at radius 2 is 1.40 bits per heavy atom. The molecule has 4 fully saturated rings. The van der Waals surface area contributed by atoms with Crippen LogP contribution in [0.5, 0.6) is 0 Å². The van der Waals surface area contributed by atoms with Gasteiger partial charge >= 0.3 is 70.3 Å². The van der Waals surface area contributed by atoms with E-state index in [1.165, 1.54) is 82.4 Å². The fourth-order valence-electron chi connectivity index (χ4n) is 8.99. The first-order valence-corrected chi connectivity index (χ1v) is 18.8. The first-order chi connectivity index (χ1) is 21.4. The monoisotopic (exact) mass is 740 g/mol. The molecule has 0 N–H and O–H groups in total. The number of hydrogen-bond acceptors (Lipinski definition) is 0. The van der Waals surface area contributed by atoms with Gasteiger partial charge in [-0.25, -0.2) is 6.08 Å². The maximum absolute atomic E-state index is 3.67. The summed E-state index contributed by atoms with van der Waals surface area (Å²) in [6.07, 6.45) is 20.6. The van der Waals surface area contributed by atoms with Crippen molar-refractivity contribution < 1.29 is 49.0 Å². The summed E-state index contributed by atoms with van der Waals surface area (Å²) in [5, 5.41) is 0. The van der Waals surface area contributed by atoms with Crippen molar-refractivity contribution >= 4 is 3.71 Å². The fourth-order valence-corrected chi connectivity index (χ4v) is 9.57. The van der Waals surface area contributed by atoms with Gasteiger partial charge in [-0.05, 0) is 65.4 Å². The second-order valence-corrected chi connectivity index (χ2v) is 17.6. The summed E-state index contributed by atoms with van der Waals surface area (Å²) < 4.78 is 2.25. The molecule has 0 saturated heterocycles. The molecule has 0 atom stereocenters. The standard InChI is InChI=1S/C21H25.C15H19.C8H8.2ClH.Zr/c1-20(2,3)16-7-9-18-14(12-16)11-15-13-17(21(4,5)6)8-10-19(15)18;1-2-4-14(3-1)15-8-11-5-12(9-15)7-13(6-11)10-15;1-2-8-6-4-3-5-7-8;;;/h7-10,12H,11H2,1-6H3;3-4,11-13H,1,5-10H2;1,3-7H,2H2;2*1H;/q2*-1;;;;+2/p-2. The first kappa shape index (κ1) is 38.3. The normalized spacial score (nSPS) is 24.3. The Morgan fingerprint density at radius 1 is 0.787 bits per heavy atom. The fraction of sp³-hybridized carbons (Fsp3) is 0.477. The van der Waals surface area contributed by atoms with Crippen LogP contribution in [0, 0.1) is 35.3 Å². The number of allylic oxidation sites excluding steroid dienone is 4. The van der Waals surface area contributed by atoms with Crippen LogP contribution in [0.1, 0.15) is 114 Å². The molecule has 3 aromatic rings. The Balaban J connectivity index is 0.000000168. The van der Waals surface area contributed by atoms with Gasteiger partial charge in [0.15, 0.2) is 0 Å². The van der Waals surface area contributed by atoms with Crippen molar-refractivity contribution in [3.63, 3.8) is 0 Å². The minimum atomic E-state index is 0. The van der Waals surface area contributed by atoms with Crippen LogP contribution in [0.4, 0.5) is 0 Å². The predicted molar refractivity (Wildman–Crippen MR) is 188 cm³/mol. The van der Waals surface area contributed by atoms with Gasteiger partial charge in [0.2, 0.25) is 0 Å². The van der Waals surface area contributed by atoms with Gasteiger partial charge in [-0.15, -0.1) is 17.5 Å². The number of fused-ring (bicyclic) bond motifs is 3. The average molecular weight is 743 g/mol. The van der Waals surface area contributed by atoms with Crippen molar-refractivity contribution in [1.29, 1.82) is 0 Å². The Hall–Kier alpha value is -1.53. The molecule has 47 heavy (non-hydrogen) atoms. The summed E-state index contributed by atoms with van der Waals surface area (Å²) in [4.78, 5) is 0. The predicted octanol–water partition coefficient (Wildman–Crippen LogP) is 5.13. The Labute approximate surface area is 313 Å². The molecule has 0 unspecified atom stereocenters. The zero-order valence-corrected chi connectivity index (χ0v) is 33.3. The summed E-state index contributed by atoms with van der Waals surface area (Å²) in [7, 11) is 0. The maximum atomic E-state index is 3.67. The van der Waals surface area contributed by atoms with Crippen molar-refractivity contribution in [2.24, 2.45) is 23.2 Å². The summed E-state index contributed by atoms with van der Waals surface area (Å²) in [6.45, 7) is 13.6. The molecule has 3 heteroatoms. The van der Waals surface area contributed by atoms with Crippen LogP contribution in [-0.2, 0) is 47.9 Å². The van der Waals surface area contributed by atoms with Gasteiger partial charge < -0.3 is 24.8 Å². The van der Waals surface area contributed by atoms with E-state index in [0.29, 0.717) is 5.41 Å². The second kappa shape index (κ2) is 15.6. The van der Waals surface area contributed by atoms with Crippen LogP contribution in [0.2, 0.25) is 0 Å². The number of halogens is 2. The van der Waals surface area contributed by atoms with Crippen LogP contribution in [-0.4, -0.2) is 3.71 Å². The van der Waals surface area contributed by atoms with Crippen LogP contribution in [0.3, 0.4) is 0 Å². The molecule has 0 spiro atoms. The SMILES string of the molecule is CC(C)(C)c1[c-]c2c(cc1)-c1ccc(C(C)(C)C)cc1C2.[C-]1=CC(C23CC4CC(CC(C4)C2)C3)=CC1.[Cl-].[Cl-].[Zr+2]=[CH]Cc1ccccc1. The van der Waals surface area contributed by atoms with E-state index in [-0.39, 0.29) is 35.6 Å². The van der Waals surface area contributed by atoms with E-state index >= 15 is 0 Å². The molecule has 248 valence electrons. The van der Waals surface area contributed by atoms with Crippen LogP contribution < -0.4 is 24.8 Å². The van der Waals surface area contributed by atoms with Crippen molar-refractivity contribution in [2.75, 3.05) is 0 Å². The van der Waals surface area contributed by atoms with Gasteiger partial charge in [-0.1, -0.05) is 90.0 Å². The second-order valence-electron chi connectivity index (χ2n) is 16.6. The third-order valence-corrected chi connectivity index (χ3v) is 11.5. The van der Waals surface area contributed by atoms with Gasteiger partial charge in [0.1, 0.15) is 0 Å². The molecular weight excluding hydrogens is 691 g/mol. The zero-order valence-electron chi connectivity index (χ0n) is 29.4. The van der Waals surface area contributed by atoms with Crippen LogP contribution >= 0.6 is 0 Å². The molecule has 0 aromatic heterocycles. The number of benzene rings is 3. The zero-order chi connectivity index (χ0) is 31.8. The topological polar surface area (TPSA) is 0 Å². The molecule has 4 saturated carbocycles. The van der Waals surface area contributed by atoms with E-state index in [9.17, 15) is 0 Å². The van der Waals surface area contributed by atoms with Gasteiger partial charge in [-0.2, -0.15) is 35.4 Å². The molecule has 6 aliphatic rings. The molecule has 6 aliphatic carbocycles. The Kier molecular flexibility index (Phi) is 12.7. The van der Waals surface area contributed by atoms with E-state index in [2.05, 4.69) is 124 Å². The van der Waals surface area contributed by atoms with Crippen molar-refractivity contribution in [2.45, 2.75) is 110 Å². The Morgan fingerprint density at radius 3 is 1.94 bits per heavy atom. The molecular formula is C44H52Cl2Zr-2. The van der Waals surface area contributed by atoms with Crippen molar-refractivity contribution in [1.82, 2.24) is 0 Å². The summed E-state index contributed by atoms with van der Waals surface area (Å²) >= 11 is 1.51. The molecule has 3 aromatic carbocycles. The molecule has 0 heterocycles. The molecule has 0 aliphatic heterocycles. The van der Waals surface area contributed by atoms with Gasteiger partial charge in [0, 0.05) is 0 Å². The number of hydrogen-bond donors (Lipinski definition) is 0. The molecule has 0 amide bonds. The van der Waals surface area contributed by atoms with E-state index in [4.69, 9.17) is 0 Å². The summed E-state index contributed by atoms with van der Waals surface area (Å²) in [5.41, 5.74) is 12.4. The van der Waals surface area contributed by atoms with E-state index < -0.39 is 0 Å². The van der Waals surface area contributed by atoms with E-state index in [1.807, 2.05) is 6.07 Å². The molecule has 4 bridgehead atoms. The Bertz CT molecular complexity index is 1480. The van der Waals surface area contributed by atoms with Gasteiger partial charge in [-0.3, -0.25) is 6.08 Å². The quantitative estimate of drug-likeness (QED) is 0.256. The third kappa shape index (κ3) is 8.80. The van der Waals surface area contributed by atoms with Crippen LogP contribution in [0.15, 0.2) is 78.4 Å². The van der Waals surface area contributed by atoms with E-state index in [1.54, 1.807) is 24.8 Å². The molecule has 9 rings (SSSR count). The van der Waals surface area contributed by atoms with E-state index in [0.717, 1.165) is 37.0 Å². The van der Waals surface area contributed by atoms with Crippen molar-refractivity contribution in [3.05, 3.63) is 118 Å². The molecule has 0 radical (unpaired) electrons. The van der Waals surface area contributed by atoms with Gasteiger partial charge in [0.05, 0.1) is 0 Å². The number of rotatable bonds is 3. The molecule has 0 nitrogen and oxygen atoms in total. The van der Waals surface area contributed by atoms with Gasteiger partial charge in [0.25, 0.3) is 0 Å². The van der Waals surface area contributed by atoms with Crippen molar-refractivity contribution in [3.8, 4) is 11.1 Å².